The summed E-state index contributed by atoms with van der Waals surface area (Å²) in [6.45, 7) is 6.25. The highest BCUT2D eigenvalue weighted by atomic mass is 16.7. The molecule has 1 heterocycles. The van der Waals surface area contributed by atoms with Crippen molar-refractivity contribution < 1.29 is 39.1 Å². The molecule has 1 aromatic carbocycles. The maximum atomic E-state index is 12.5. The molecule has 5 N–H and O–H groups in total. The number of hydrogen-bond donors (Lipinski definition) is 5. The van der Waals surface area contributed by atoms with Gasteiger partial charge in [0, 0.05) is 20.1 Å². The van der Waals surface area contributed by atoms with Crippen molar-refractivity contribution in [2.45, 2.75) is 76.6 Å². The molecule has 0 saturated carbocycles. The summed E-state index contributed by atoms with van der Waals surface area (Å²) in [5, 5.41) is 36.9. The molecule has 0 aromatic heterocycles. The zero-order chi connectivity index (χ0) is 27.4. The van der Waals surface area contributed by atoms with Crippen LogP contribution in [0.15, 0.2) is 42.5 Å². The number of amides is 1. The highest BCUT2D eigenvalue weighted by Gasteiger charge is 2.33. The van der Waals surface area contributed by atoms with Crippen molar-refractivity contribution >= 4 is 12.1 Å². The van der Waals surface area contributed by atoms with Crippen molar-refractivity contribution in [3.63, 3.8) is 0 Å². The number of benzene rings is 1. The van der Waals surface area contributed by atoms with Crippen molar-refractivity contribution in [3.05, 3.63) is 48.0 Å². The van der Waals surface area contributed by atoms with Gasteiger partial charge in [-0.25, -0.2) is 4.79 Å². The van der Waals surface area contributed by atoms with Gasteiger partial charge in [-0.05, 0) is 23.8 Å². The molecule has 10 heteroatoms. The Hall–Kier alpha value is -2.50. The van der Waals surface area contributed by atoms with Gasteiger partial charge in [0.25, 0.3) is 0 Å². The molecular formula is C27H42N2O8. The molecule has 1 aliphatic rings. The second kappa shape index (κ2) is 15.0. The van der Waals surface area contributed by atoms with Crippen LogP contribution in [0.3, 0.4) is 0 Å². The molecule has 1 amide bonds. The second-order valence-corrected chi connectivity index (χ2v) is 10.3. The molecule has 1 aromatic rings. The van der Waals surface area contributed by atoms with Gasteiger partial charge >= 0.3 is 6.16 Å². The number of carbonyl (C=O) groups excluding carboxylic acids is 2. The second-order valence-electron chi connectivity index (χ2n) is 10.3. The molecule has 208 valence electrons. The normalized spacial score (nSPS) is 22.0. The molecule has 10 nitrogen and oxygen atoms in total. The lowest BCUT2D eigenvalue weighted by Gasteiger charge is -2.29. The van der Waals surface area contributed by atoms with Gasteiger partial charge in [0.15, 0.2) is 0 Å². The number of ether oxygens (including phenoxy) is 3. The lowest BCUT2D eigenvalue weighted by Crippen LogP contribution is -2.52. The predicted octanol–water partition coefficient (Wildman–Crippen LogP) is 1.32. The number of rotatable bonds is 12. The zero-order valence-electron chi connectivity index (χ0n) is 22.1. The van der Waals surface area contributed by atoms with Crippen molar-refractivity contribution in [1.82, 2.24) is 10.6 Å². The fraction of sp³-hybridized carbons (Fsp3) is 0.630. The Kier molecular flexibility index (Phi) is 12.5. The SMILES string of the molecule is CO[C@@H](CN[C@H]1CC[C@@H](OC(=O)OCCc2ccccc2)CNC1=O)[C@H](O)[C@@H](O)[C@H](O)/C=C/C(C)(C)C. The fourth-order valence-electron chi connectivity index (χ4n) is 3.81. The Morgan fingerprint density at radius 3 is 2.51 bits per heavy atom. The van der Waals surface area contributed by atoms with Crippen LogP contribution >= 0.6 is 0 Å². The van der Waals surface area contributed by atoms with Crippen LogP contribution in [-0.4, -0.2) is 90.7 Å². The highest BCUT2D eigenvalue weighted by Crippen LogP contribution is 2.17. The van der Waals surface area contributed by atoms with Crippen LogP contribution in [-0.2, 0) is 25.4 Å². The lowest BCUT2D eigenvalue weighted by molar-refractivity contribution is -0.124. The molecule has 0 aliphatic carbocycles. The number of methoxy groups -OCH3 is 1. The van der Waals surface area contributed by atoms with Gasteiger partial charge in [0.05, 0.1) is 25.3 Å². The average molecular weight is 523 g/mol. The number of hydrogen-bond acceptors (Lipinski definition) is 9. The fourth-order valence-corrected chi connectivity index (χ4v) is 3.81. The third-order valence-electron chi connectivity index (χ3n) is 6.06. The smallest absolute Gasteiger partial charge is 0.434 e. The van der Waals surface area contributed by atoms with E-state index >= 15 is 0 Å². The van der Waals surface area contributed by atoms with Crippen LogP contribution in [0.25, 0.3) is 0 Å². The summed E-state index contributed by atoms with van der Waals surface area (Å²) in [6, 6.07) is 9.03. The van der Waals surface area contributed by atoms with E-state index in [1.165, 1.54) is 13.2 Å². The molecule has 37 heavy (non-hydrogen) atoms. The number of aliphatic hydroxyl groups is 3. The molecule has 0 unspecified atom stereocenters. The molecular weight excluding hydrogens is 480 g/mol. The van der Waals surface area contributed by atoms with Crippen molar-refractivity contribution in [2.24, 2.45) is 5.41 Å². The molecule has 0 spiro atoms. The monoisotopic (exact) mass is 522 g/mol. The van der Waals surface area contributed by atoms with Crippen LogP contribution in [0.5, 0.6) is 0 Å². The van der Waals surface area contributed by atoms with Gasteiger partial charge in [-0.15, -0.1) is 0 Å². The predicted molar refractivity (Wildman–Crippen MR) is 138 cm³/mol. The molecule has 1 aliphatic heterocycles. The van der Waals surface area contributed by atoms with Crippen LogP contribution in [0.1, 0.15) is 39.2 Å². The van der Waals surface area contributed by atoms with Crippen molar-refractivity contribution in [2.75, 3.05) is 26.8 Å². The minimum atomic E-state index is -1.47. The van der Waals surface area contributed by atoms with E-state index in [1.807, 2.05) is 51.1 Å². The Balaban J connectivity index is 1.79. The first kappa shape index (κ1) is 30.7. The van der Waals surface area contributed by atoms with Gasteiger partial charge < -0.3 is 40.2 Å². The zero-order valence-corrected chi connectivity index (χ0v) is 22.1. The highest BCUT2D eigenvalue weighted by molar-refractivity contribution is 5.82. The molecule has 1 saturated heterocycles. The lowest BCUT2D eigenvalue weighted by atomic mass is 9.94. The first-order valence-electron chi connectivity index (χ1n) is 12.6. The Bertz CT molecular complexity index is 858. The number of carbonyl (C=O) groups is 2. The van der Waals surface area contributed by atoms with Crippen LogP contribution in [0.4, 0.5) is 4.79 Å². The van der Waals surface area contributed by atoms with E-state index < -0.39 is 42.7 Å². The largest absolute Gasteiger partial charge is 0.508 e. The van der Waals surface area contributed by atoms with Crippen LogP contribution in [0, 0.1) is 5.41 Å². The number of nitrogens with one attached hydrogen (secondary N) is 2. The van der Waals surface area contributed by atoms with E-state index in [9.17, 15) is 24.9 Å². The van der Waals surface area contributed by atoms with E-state index in [0.717, 1.165) is 5.56 Å². The first-order valence-corrected chi connectivity index (χ1v) is 12.6. The molecule has 1 fully saturated rings. The van der Waals surface area contributed by atoms with Gasteiger partial charge in [0.2, 0.25) is 5.91 Å². The summed E-state index contributed by atoms with van der Waals surface area (Å²) in [4.78, 5) is 24.6. The summed E-state index contributed by atoms with van der Waals surface area (Å²) in [5.74, 6) is -0.276. The number of allylic oxidation sites excluding steroid dienone is 1. The van der Waals surface area contributed by atoms with Crippen LogP contribution < -0.4 is 10.6 Å². The molecule has 2 rings (SSSR count). The summed E-state index contributed by atoms with van der Waals surface area (Å²) < 4.78 is 15.8. The maximum absolute atomic E-state index is 12.5. The van der Waals surface area contributed by atoms with E-state index in [-0.39, 0.29) is 31.0 Å². The van der Waals surface area contributed by atoms with Crippen molar-refractivity contribution in [1.29, 1.82) is 0 Å². The quantitative estimate of drug-likeness (QED) is 0.203. The maximum Gasteiger partial charge on any atom is 0.508 e. The van der Waals surface area contributed by atoms with Gasteiger partial charge in [-0.1, -0.05) is 63.3 Å². The van der Waals surface area contributed by atoms with E-state index in [2.05, 4.69) is 10.6 Å². The van der Waals surface area contributed by atoms with Crippen molar-refractivity contribution in [3.8, 4) is 0 Å². The standard InChI is InChI=1S/C27H42N2O8/c1-27(2,3)14-12-21(30)23(31)24(32)22(35-4)17-28-20-11-10-19(16-29-25(20)33)37-26(34)36-15-13-18-8-6-5-7-9-18/h5-9,12,14,19-24,28,30-32H,10-11,13,15-17H2,1-4H3,(H,29,33)/b14-12+/t19-,20+,21-,22+,23+,24+/m1/s1. The molecule has 6 atom stereocenters. The first-order chi connectivity index (χ1) is 17.5. The molecule has 0 bridgehead atoms. The van der Waals surface area contributed by atoms with Crippen LogP contribution in [0.2, 0.25) is 0 Å². The van der Waals surface area contributed by atoms with Gasteiger partial charge in [0.1, 0.15) is 24.4 Å². The Morgan fingerprint density at radius 1 is 1.16 bits per heavy atom. The van der Waals surface area contributed by atoms with Gasteiger partial charge in [-0.2, -0.15) is 0 Å². The third-order valence-corrected chi connectivity index (χ3v) is 6.06. The summed E-state index contributed by atoms with van der Waals surface area (Å²) in [5.41, 5.74) is 0.857. The summed E-state index contributed by atoms with van der Waals surface area (Å²) >= 11 is 0. The average Bonchev–Trinajstić information content (AvgIpc) is 3.03. The minimum absolute atomic E-state index is 0.0512. The van der Waals surface area contributed by atoms with E-state index in [0.29, 0.717) is 19.3 Å². The third kappa shape index (κ3) is 11.2. The Labute approximate surface area is 219 Å². The summed E-state index contributed by atoms with van der Waals surface area (Å²) in [6.07, 6.45) is -1.77. The summed E-state index contributed by atoms with van der Waals surface area (Å²) in [7, 11) is 1.38. The van der Waals surface area contributed by atoms with Gasteiger partial charge in [-0.3, -0.25) is 4.79 Å². The van der Waals surface area contributed by atoms with E-state index in [4.69, 9.17) is 14.2 Å². The molecule has 0 radical (unpaired) electrons. The van der Waals surface area contributed by atoms with E-state index in [1.54, 1.807) is 6.08 Å². The minimum Gasteiger partial charge on any atom is -0.434 e. The topological polar surface area (TPSA) is 147 Å². The number of aliphatic hydroxyl groups excluding tert-OH is 3. The Morgan fingerprint density at radius 2 is 1.86 bits per heavy atom.